The summed E-state index contributed by atoms with van der Waals surface area (Å²) in [6.07, 6.45) is 1.86. The fourth-order valence-electron chi connectivity index (χ4n) is 1.55. The first-order chi connectivity index (χ1) is 7.13. The molecule has 2 heterocycles. The monoisotopic (exact) mass is 225 g/mol. The van der Waals surface area contributed by atoms with Crippen LogP contribution in [0, 0.1) is 6.92 Å². The minimum absolute atomic E-state index is 0.0824. The maximum absolute atomic E-state index is 8.95. The number of fused-ring (bicyclic) bond motifs is 1. The van der Waals surface area contributed by atoms with E-state index in [1.54, 1.807) is 0 Å². The Balaban J connectivity index is 2.60. The lowest BCUT2D eigenvalue weighted by Crippen LogP contribution is -2.14. The number of pyridine rings is 1. The summed E-state index contributed by atoms with van der Waals surface area (Å²) in [7, 11) is 0. The van der Waals surface area contributed by atoms with Crippen molar-refractivity contribution >= 4 is 17.1 Å². The topological polar surface area (TPSA) is 63.5 Å². The largest absolute Gasteiger partial charge is 0.394 e. The second-order valence-corrected chi connectivity index (χ2v) is 3.81. The molecule has 1 atom stereocenters. The number of aliphatic hydroxyl groups excluding tert-OH is 1. The van der Waals surface area contributed by atoms with Gasteiger partial charge >= 0.3 is 0 Å². The average molecular weight is 226 g/mol. The van der Waals surface area contributed by atoms with Gasteiger partial charge in [-0.25, -0.2) is 4.98 Å². The molecule has 0 aromatic carbocycles. The van der Waals surface area contributed by atoms with E-state index in [1.165, 1.54) is 0 Å². The fourth-order valence-corrected chi connectivity index (χ4v) is 1.81. The molecule has 0 spiro atoms. The van der Waals surface area contributed by atoms with Gasteiger partial charge in [0.1, 0.15) is 5.82 Å². The summed E-state index contributed by atoms with van der Waals surface area (Å²) in [6, 6.07) is 3.34. The molecular formula is C10H12ClN3O. The highest BCUT2D eigenvalue weighted by atomic mass is 35.5. The molecule has 1 unspecified atom stereocenters. The van der Waals surface area contributed by atoms with Crippen LogP contribution in [0.5, 0.6) is 0 Å². The normalized spacial score (nSPS) is 13.3. The van der Waals surface area contributed by atoms with Crippen molar-refractivity contribution in [3.05, 3.63) is 34.9 Å². The summed E-state index contributed by atoms with van der Waals surface area (Å²) >= 11 is 5.96. The van der Waals surface area contributed by atoms with Crippen LogP contribution in [0.25, 0.3) is 5.52 Å². The van der Waals surface area contributed by atoms with Crippen molar-refractivity contribution in [2.24, 2.45) is 5.73 Å². The van der Waals surface area contributed by atoms with Gasteiger partial charge in [0.2, 0.25) is 0 Å². The summed E-state index contributed by atoms with van der Waals surface area (Å²) < 4.78 is 1.88. The molecule has 2 aromatic heterocycles. The standard InChI is InChI=1S/C10H12ClN3O/c1-6-13-10(11)9-4-7(8(12)5-15)2-3-14(6)9/h2-4,8,15H,5,12H2,1H3. The molecule has 3 N–H and O–H groups in total. The first kappa shape index (κ1) is 10.4. The molecule has 0 fully saturated rings. The van der Waals surface area contributed by atoms with Crippen LogP contribution in [-0.2, 0) is 0 Å². The lowest BCUT2D eigenvalue weighted by Gasteiger charge is -2.08. The zero-order chi connectivity index (χ0) is 11.0. The SMILES string of the molecule is Cc1nc(Cl)c2cc(C(N)CO)ccn12. The summed E-state index contributed by atoms with van der Waals surface area (Å²) in [5, 5.41) is 9.41. The number of imidazole rings is 1. The smallest absolute Gasteiger partial charge is 0.155 e. The lowest BCUT2D eigenvalue weighted by molar-refractivity contribution is 0.268. The van der Waals surface area contributed by atoms with Crippen LogP contribution in [0.2, 0.25) is 5.15 Å². The highest BCUT2D eigenvalue weighted by Crippen LogP contribution is 2.21. The molecule has 0 aliphatic rings. The van der Waals surface area contributed by atoms with E-state index in [0.717, 1.165) is 16.9 Å². The first-order valence-electron chi connectivity index (χ1n) is 4.64. The molecular weight excluding hydrogens is 214 g/mol. The van der Waals surface area contributed by atoms with E-state index in [4.69, 9.17) is 22.4 Å². The highest BCUT2D eigenvalue weighted by Gasteiger charge is 2.09. The zero-order valence-corrected chi connectivity index (χ0v) is 9.07. The summed E-state index contributed by atoms with van der Waals surface area (Å²) in [5.41, 5.74) is 7.39. The van der Waals surface area contributed by atoms with Gasteiger partial charge in [0.25, 0.3) is 0 Å². The van der Waals surface area contributed by atoms with Crippen LogP contribution in [-0.4, -0.2) is 21.1 Å². The zero-order valence-electron chi connectivity index (χ0n) is 8.31. The number of aliphatic hydroxyl groups is 1. The minimum atomic E-state index is -0.374. The van der Waals surface area contributed by atoms with Gasteiger partial charge in [-0.05, 0) is 24.6 Å². The number of rotatable bonds is 2. The summed E-state index contributed by atoms with van der Waals surface area (Å²) in [6.45, 7) is 1.80. The van der Waals surface area contributed by atoms with E-state index >= 15 is 0 Å². The van der Waals surface area contributed by atoms with E-state index < -0.39 is 0 Å². The van der Waals surface area contributed by atoms with Crippen molar-refractivity contribution in [3.8, 4) is 0 Å². The molecule has 80 valence electrons. The Morgan fingerprint density at radius 2 is 2.40 bits per heavy atom. The van der Waals surface area contributed by atoms with Crippen LogP contribution < -0.4 is 5.73 Å². The molecule has 0 amide bonds. The van der Waals surface area contributed by atoms with Crippen LogP contribution in [0.1, 0.15) is 17.4 Å². The lowest BCUT2D eigenvalue weighted by atomic mass is 10.1. The first-order valence-corrected chi connectivity index (χ1v) is 5.02. The Morgan fingerprint density at radius 3 is 3.07 bits per heavy atom. The third kappa shape index (κ3) is 1.71. The minimum Gasteiger partial charge on any atom is -0.394 e. The maximum atomic E-state index is 8.95. The van der Waals surface area contributed by atoms with Gasteiger partial charge in [0, 0.05) is 6.20 Å². The number of hydrogen-bond acceptors (Lipinski definition) is 3. The highest BCUT2D eigenvalue weighted by molar-refractivity contribution is 6.32. The quantitative estimate of drug-likeness (QED) is 0.810. The molecule has 0 aliphatic carbocycles. The van der Waals surface area contributed by atoms with Gasteiger partial charge in [0.15, 0.2) is 5.15 Å². The van der Waals surface area contributed by atoms with Crippen molar-refractivity contribution in [2.75, 3.05) is 6.61 Å². The molecule has 2 aromatic rings. The predicted molar refractivity (Wildman–Crippen MR) is 59.0 cm³/mol. The van der Waals surface area contributed by atoms with E-state index in [9.17, 15) is 0 Å². The molecule has 15 heavy (non-hydrogen) atoms. The van der Waals surface area contributed by atoms with Gasteiger partial charge in [-0.1, -0.05) is 11.6 Å². The number of halogens is 1. The van der Waals surface area contributed by atoms with Crippen LogP contribution >= 0.6 is 11.6 Å². The Kier molecular flexibility index (Phi) is 2.65. The third-order valence-corrected chi connectivity index (χ3v) is 2.70. The van der Waals surface area contributed by atoms with Crippen LogP contribution in [0.3, 0.4) is 0 Å². The number of nitrogens with zero attached hydrogens (tertiary/aromatic N) is 2. The Labute approximate surface area is 92.3 Å². The maximum Gasteiger partial charge on any atom is 0.155 e. The fraction of sp³-hybridized carbons (Fsp3) is 0.300. The number of aryl methyl sites for hydroxylation is 1. The van der Waals surface area contributed by atoms with Crippen LogP contribution in [0.15, 0.2) is 18.3 Å². The van der Waals surface area contributed by atoms with Crippen molar-refractivity contribution in [2.45, 2.75) is 13.0 Å². The number of aromatic nitrogens is 2. The van der Waals surface area contributed by atoms with E-state index in [1.807, 2.05) is 29.7 Å². The molecule has 5 heteroatoms. The molecule has 0 bridgehead atoms. The number of hydrogen-bond donors (Lipinski definition) is 2. The van der Waals surface area contributed by atoms with Gasteiger partial charge in [-0.15, -0.1) is 0 Å². The second kappa shape index (κ2) is 3.81. The van der Waals surface area contributed by atoms with E-state index in [-0.39, 0.29) is 12.6 Å². The van der Waals surface area contributed by atoms with E-state index in [2.05, 4.69) is 4.98 Å². The Hall–Kier alpha value is -1.10. The molecule has 0 saturated heterocycles. The van der Waals surface area contributed by atoms with Crippen molar-refractivity contribution in [1.29, 1.82) is 0 Å². The van der Waals surface area contributed by atoms with Gasteiger partial charge in [-0.3, -0.25) is 0 Å². The molecule has 0 aliphatic heterocycles. The van der Waals surface area contributed by atoms with Crippen molar-refractivity contribution < 1.29 is 5.11 Å². The van der Waals surface area contributed by atoms with E-state index in [0.29, 0.717) is 5.15 Å². The number of nitrogens with two attached hydrogens (primary N) is 1. The van der Waals surface area contributed by atoms with Crippen molar-refractivity contribution in [1.82, 2.24) is 9.38 Å². The predicted octanol–water partition coefficient (Wildman–Crippen LogP) is 1.29. The van der Waals surface area contributed by atoms with Crippen molar-refractivity contribution in [3.63, 3.8) is 0 Å². The molecule has 0 saturated carbocycles. The van der Waals surface area contributed by atoms with Gasteiger partial charge in [0.05, 0.1) is 18.2 Å². The third-order valence-electron chi connectivity index (χ3n) is 2.42. The average Bonchev–Trinajstić information content (AvgIpc) is 2.53. The summed E-state index contributed by atoms with van der Waals surface area (Å²) in [4.78, 5) is 4.14. The molecule has 0 radical (unpaired) electrons. The van der Waals surface area contributed by atoms with Gasteiger partial charge < -0.3 is 15.2 Å². The molecule has 2 rings (SSSR count). The Bertz CT molecular complexity index is 495. The van der Waals surface area contributed by atoms with Crippen LogP contribution in [0.4, 0.5) is 0 Å². The second-order valence-electron chi connectivity index (χ2n) is 3.45. The summed E-state index contributed by atoms with van der Waals surface area (Å²) in [5.74, 6) is 0.833. The Morgan fingerprint density at radius 1 is 1.67 bits per heavy atom. The molecule has 4 nitrogen and oxygen atoms in total. The van der Waals surface area contributed by atoms with Gasteiger partial charge in [-0.2, -0.15) is 0 Å².